The summed E-state index contributed by atoms with van der Waals surface area (Å²) >= 11 is 6.40. The molecule has 2 aromatic rings. The van der Waals surface area contributed by atoms with Crippen LogP contribution >= 0.6 is 24.0 Å². The minimum Gasteiger partial charge on any atom is -0.479 e. The van der Waals surface area contributed by atoms with Crippen molar-refractivity contribution in [1.82, 2.24) is 4.90 Å². The highest BCUT2D eigenvalue weighted by atomic mass is 32.2. The van der Waals surface area contributed by atoms with E-state index in [1.54, 1.807) is 35.2 Å². The van der Waals surface area contributed by atoms with E-state index in [-0.39, 0.29) is 15.1 Å². The molecule has 4 rings (SSSR count). The number of carbonyl (C=O) groups is 3. The Hall–Kier alpha value is -2.97. The molecule has 2 amide bonds. The number of carboxylic acid groups (broad SMARTS) is 1. The summed E-state index contributed by atoms with van der Waals surface area (Å²) in [5.74, 6) is -1.99. The number of unbranched alkanes of at least 4 members (excludes halogenated alkanes) is 1. The van der Waals surface area contributed by atoms with E-state index in [2.05, 4.69) is 0 Å². The zero-order valence-corrected chi connectivity index (χ0v) is 18.4. The van der Waals surface area contributed by atoms with Gasteiger partial charge in [-0.25, -0.2) is 4.79 Å². The molecule has 0 aliphatic carbocycles. The smallest absolute Gasteiger partial charge is 0.331 e. The van der Waals surface area contributed by atoms with E-state index in [9.17, 15) is 19.5 Å². The summed E-state index contributed by atoms with van der Waals surface area (Å²) in [6.45, 7) is 2.60. The number of rotatable bonds is 6. The van der Waals surface area contributed by atoms with Crippen LogP contribution in [0.4, 0.5) is 5.69 Å². The van der Waals surface area contributed by atoms with Gasteiger partial charge in [0.15, 0.2) is 6.04 Å². The third kappa shape index (κ3) is 3.66. The summed E-state index contributed by atoms with van der Waals surface area (Å²) in [6.07, 6.45) is 1.77. The summed E-state index contributed by atoms with van der Waals surface area (Å²) in [4.78, 5) is 41.8. The fourth-order valence-electron chi connectivity index (χ4n) is 3.83. The first kappa shape index (κ1) is 21.3. The van der Waals surface area contributed by atoms with Gasteiger partial charge < -0.3 is 10.0 Å². The molecule has 0 aromatic heterocycles. The van der Waals surface area contributed by atoms with Crippen molar-refractivity contribution in [1.29, 1.82) is 0 Å². The molecule has 158 valence electrons. The number of carbonyl (C=O) groups excluding carboxylic acids is 2. The van der Waals surface area contributed by atoms with Crippen LogP contribution in [-0.2, 0) is 14.4 Å². The number of anilines is 1. The number of thioether (sulfide) groups is 1. The molecular formula is C23H20N2O4S2. The standard InChI is InChI=1S/C23H20N2O4S2/c1-2-3-13-24-16-12-8-7-11-15(16)17(20(24)26)19-21(27)25(23(30)31-19)18(22(28)29)14-9-5-4-6-10-14/h4-12,18H,2-3,13H2,1H3,(H,28,29)/b19-17-. The molecule has 0 radical (unpaired) electrons. The highest BCUT2D eigenvalue weighted by Crippen LogP contribution is 2.46. The number of nitrogens with zero attached hydrogens (tertiary/aromatic N) is 2. The molecule has 31 heavy (non-hydrogen) atoms. The van der Waals surface area contributed by atoms with Gasteiger partial charge in [0.2, 0.25) is 0 Å². The van der Waals surface area contributed by atoms with Gasteiger partial charge in [0.1, 0.15) is 4.32 Å². The number of benzene rings is 2. The Balaban J connectivity index is 1.79. The molecule has 0 saturated carbocycles. The maximum absolute atomic E-state index is 13.4. The Labute approximate surface area is 189 Å². The van der Waals surface area contributed by atoms with Gasteiger partial charge in [-0.1, -0.05) is 85.9 Å². The van der Waals surface area contributed by atoms with Crippen molar-refractivity contribution in [3.8, 4) is 0 Å². The number of para-hydroxylation sites is 1. The van der Waals surface area contributed by atoms with Crippen molar-refractivity contribution in [3.63, 3.8) is 0 Å². The van der Waals surface area contributed by atoms with E-state index in [0.717, 1.165) is 35.2 Å². The first-order valence-corrected chi connectivity index (χ1v) is 11.2. The lowest BCUT2D eigenvalue weighted by molar-refractivity contribution is -0.145. The normalized spacial score (nSPS) is 19.2. The van der Waals surface area contributed by atoms with Crippen LogP contribution in [0.1, 0.15) is 36.9 Å². The summed E-state index contributed by atoms with van der Waals surface area (Å²) in [7, 11) is 0. The van der Waals surface area contributed by atoms with Crippen molar-refractivity contribution < 1.29 is 19.5 Å². The average molecular weight is 453 g/mol. The fourth-order valence-corrected chi connectivity index (χ4v) is 5.21. The second-order valence-electron chi connectivity index (χ2n) is 7.23. The monoisotopic (exact) mass is 452 g/mol. The number of fused-ring (bicyclic) bond motifs is 1. The van der Waals surface area contributed by atoms with Crippen LogP contribution in [0.2, 0.25) is 0 Å². The fraction of sp³-hybridized carbons (Fsp3) is 0.217. The molecule has 1 N–H and O–H groups in total. The van der Waals surface area contributed by atoms with E-state index in [0.29, 0.717) is 23.2 Å². The van der Waals surface area contributed by atoms with Gasteiger partial charge in [-0.3, -0.25) is 14.5 Å². The molecule has 8 heteroatoms. The first-order chi connectivity index (χ1) is 15.0. The van der Waals surface area contributed by atoms with Crippen molar-refractivity contribution in [2.45, 2.75) is 25.8 Å². The Morgan fingerprint density at radius 2 is 1.74 bits per heavy atom. The third-order valence-corrected chi connectivity index (χ3v) is 6.69. The minimum atomic E-state index is -1.25. The summed E-state index contributed by atoms with van der Waals surface area (Å²) < 4.78 is 0.126. The molecule has 2 aliphatic rings. The van der Waals surface area contributed by atoms with E-state index in [1.165, 1.54) is 0 Å². The zero-order chi connectivity index (χ0) is 22.1. The van der Waals surface area contributed by atoms with Crippen LogP contribution in [0.5, 0.6) is 0 Å². The zero-order valence-electron chi connectivity index (χ0n) is 16.8. The molecule has 2 heterocycles. The van der Waals surface area contributed by atoms with Gasteiger partial charge in [0.05, 0.1) is 16.2 Å². The SMILES string of the molecule is CCCCN1C(=O)/C(=C2\SC(=S)N(C(C(=O)O)c3ccccc3)C2=O)c2ccccc21. The molecule has 1 fully saturated rings. The Morgan fingerprint density at radius 1 is 1.06 bits per heavy atom. The van der Waals surface area contributed by atoms with Crippen molar-refractivity contribution in [3.05, 3.63) is 70.6 Å². The lowest BCUT2D eigenvalue weighted by Crippen LogP contribution is -2.37. The number of hydrogen-bond acceptors (Lipinski definition) is 5. The van der Waals surface area contributed by atoms with E-state index < -0.39 is 17.9 Å². The van der Waals surface area contributed by atoms with Gasteiger partial charge in [-0.15, -0.1) is 0 Å². The largest absolute Gasteiger partial charge is 0.479 e. The highest BCUT2D eigenvalue weighted by Gasteiger charge is 2.46. The van der Waals surface area contributed by atoms with Crippen LogP contribution in [0.15, 0.2) is 59.5 Å². The van der Waals surface area contributed by atoms with Gasteiger partial charge in [-0.05, 0) is 18.1 Å². The Bertz CT molecular complexity index is 1110. The molecule has 1 unspecified atom stereocenters. The Morgan fingerprint density at radius 3 is 2.42 bits per heavy atom. The van der Waals surface area contributed by atoms with E-state index in [1.807, 2.05) is 31.2 Å². The summed E-state index contributed by atoms with van der Waals surface area (Å²) in [6, 6.07) is 14.6. The quantitative estimate of drug-likeness (QED) is 0.522. The lowest BCUT2D eigenvalue weighted by Gasteiger charge is -2.23. The predicted octanol–water partition coefficient (Wildman–Crippen LogP) is 4.23. The number of hydrogen-bond donors (Lipinski definition) is 1. The molecule has 1 saturated heterocycles. The van der Waals surface area contributed by atoms with Gasteiger partial charge in [0, 0.05) is 12.1 Å². The molecule has 0 bridgehead atoms. The molecule has 6 nitrogen and oxygen atoms in total. The predicted molar refractivity (Wildman–Crippen MR) is 124 cm³/mol. The van der Waals surface area contributed by atoms with Gasteiger partial charge in [0.25, 0.3) is 11.8 Å². The maximum Gasteiger partial charge on any atom is 0.331 e. The summed E-state index contributed by atoms with van der Waals surface area (Å²) in [5, 5.41) is 9.87. The van der Waals surface area contributed by atoms with E-state index >= 15 is 0 Å². The average Bonchev–Trinajstić information content (AvgIpc) is 3.20. The lowest BCUT2D eigenvalue weighted by atomic mass is 10.0. The van der Waals surface area contributed by atoms with Crippen molar-refractivity contribution in [2.24, 2.45) is 0 Å². The van der Waals surface area contributed by atoms with Crippen LogP contribution in [0.3, 0.4) is 0 Å². The molecule has 2 aromatic carbocycles. The minimum absolute atomic E-state index is 0.126. The van der Waals surface area contributed by atoms with Gasteiger partial charge in [-0.2, -0.15) is 0 Å². The maximum atomic E-state index is 13.4. The number of amides is 2. The van der Waals surface area contributed by atoms with Crippen molar-refractivity contribution in [2.75, 3.05) is 11.4 Å². The molecule has 1 atom stereocenters. The molecular weight excluding hydrogens is 432 g/mol. The molecule has 2 aliphatic heterocycles. The molecule has 0 spiro atoms. The van der Waals surface area contributed by atoms with E-state index in [4.69, 9.17) is 12.2 Å². The van der Waals surface area contributed by atoms with Crippen LogP contribution in [0.25, 0.3) is 5.57 Å². The topological polar surface area (TPSA) is 77.9 Å². The number of carboxylic acids is 1. The summed E-state index contributed by atoms with van der Waals surface area (Å²) in [5.41, 5.74) is 2.18. The van der Waals surface area contributed by atoms with Gasteiger partial charge >= 0.3 is 5.97 Å². The van der Waals surface area contributed by atoms with Crippen LogP contribution in [-0.4, -0.2) is 38.7 Å². The first-order valence-electron chi connectivity index (χ1n) is 9.94. The van der Waals surface area contributed by atoms with Crippen LogP contribution in [0, 0.1) is 0 Å². The highest BCUT2D eigenvalue weighted by molar-refractivity contribution is 8.26. The Kier molecular flexibility index (Phi) is 5.93. The second-order valence-corrected chi connectivity index (χ2v) is 8.87. The number of aliphatic carboxylic acids is 1. The number of thiocarbonyl (C=S) groups is 1. The van der Waals surface area contributed by atoms with Crippen molar-refractivity contribution >= 4 is 57.3 Å². The van der Waals surface area contributed by atoms with Crippen LogP contribution < -0.4 is 4.90 Å². The third-order valence-electron chi connectivity index (χ3n) is 5.29. The second kappa shape index (κ2) is 8.64.